The highest BCUT2D eigenvalue weighted by Crippen LogP contribution is 2.34. The fraction of sp³-hybridized carbons (Fsp3) is 0.286. The Morgan fingerprint density at radius 1 is 0.923 bits per heavy atom. The molecule has 1 N–H and O–H groups in total. The number of aromatic nitrogens is 1. The Balaban J connectivity index is 1.79. The number of rotatable bonds is 9. The molecular weight excluding hydrogens is 517 g/mol. The van der Waals surface area contributed by atoms with Gasteiger partial charge in [0.25, 0.3) is 5.91 Å². The molecule has 3 rings (SSSR count). The Bertz CT molecular complexity index is 1310. The summed E-state index contributed by atoms with van der Waals surface area (Å²) in [6.45, 7) is 4.16. The van der Waals surface area contributed by atoms with E-state index in [1.54, 1.807) is 37.3 Å². The van der Waals surface area contributed by atoms with E-state index in [0.29, 0.717) is 5.56 Å². The van der Waals surface area contributed by atoms with Crippen molar-refractivity contribution >= 4 is 17.8 Å². The minimum absolute atomic E-state index is 0.0939. The number of amides is 1. The van der Waals surface area contributed by atoms with E-state index in [2.05, 4.69) is 10.3 Å². The van der Waals surface area contributed by atoms with Gasteiger partial charge in [0, 0.05) is 25.1 Å². The van der Waals surface area contributed by atoms with Gasteiger partial charge in [-0.05, 0) is 37.1 Å². The first kappa shape index (κ1) is 29.2. The van der Waals surface area contributed by atoms with Crippen molar-refractivity contribution in [1.82, 2.24) is 10.3 Å². The largest absolute Gasteiger partial charge is 0.493 e. The molecule has 3 atom stereocenters. The molecule has 0 saturated carbocycles. The molecule has 1 amide bonds. The summed E-state index contributed by atoms with van der Waals surface area (Å²) in [5, 5.41) is 2.46. The smallest absolute Gasteiger partial charge is 0.416 e. The predicted molar refractivity (Wildman–Crippen MR) is 134 cm³/mol. The summed E-state index contributed by atoms with van der Waals surface area (Å²) in [6, 6.07) is 13.8. The van der Waals surface area contributed by atoms with Crippen molar-refractivity contribution < 1.29 is 41.8 Å². The molecule has 0 aliphatic carbocycles. The van der Waals surface area contributed by atoms with Crippen molar-refractivity contribution in [3.63, 3.8) is 0 Å². The molecule has 1 aromatic heterocycles. The van der Waals surface area contributed by atoms with Crippen LogP contribution in [-0.4, -0.2) is 42.1 Å². The van der Waals surface area contributed by atoms with E-state index in [4.69, 9.17) is 14.2 Å². The Labute approximate surface area is 223 Å². The lowest BCUT2D eigenvalue weighted by Crippen LogP contribution is -2.41. The number of esters is 2. The lowest BCUT2D eigenvalue weighted by molar-refractivity contribution is -0.150. The molecule has 1 heterocycles. The molecule has 0 unspecified atom stereocenters. The molecule has 3 aromatic rings. The molecule has 0 bridgehead atoms. The van der Waals surface area contributed by atoms with Crippen LogP contribution in [0.3, 0.4) is 0 Å². The van der Waals surface area contributed by atoms with Crippen LogP contribution >= 0.6 is 0 Å². The fourth-order valence-corrected chi connectivity index (χ4v) is 3.95. The van der Waals surface area contributed by atoms with Crippen molar-refractivity contribution in [2.24, 2.45) is 0 Å². The summed E-state index contributed by atoms with van der Waals surface area (Å²) in [6.07, 6.45) is -4.03. The van der Waals surface area contributed by atoms with Crippen molar-refractivity contribution in [1.29, 1.82) is 0 Å². The normalized spacial score (nSPS) is 13.5. The standard InChI is InChI=1S/C28H27F3N2O6/c1-16(33-26(35)24-25(39-18(3)34)22(37-4)14-15-32-24)27(36)38-17(2)23(19-8-6-5-7-9-19)20-10-12-21(13-11-20)28(29,30)31/h5-17,23H,1-4H3,(H,33,35)/t16-,17-,23-/m0/s1. The van der Waals surface area contributed by atoms with Crippen LogP contribution in [0.15, 0.2) is 66.9 Å². The van der Waals surface area contributed by atoms with Gasteiger partial charge in [-0.2, -0.15) is 13.2 Å². The Morgan fingerprint density at radius 2 is 1.54 bits per heavy atom. The van der Waals surface area contributed by atoms with Gasteiger partial charge in [0.1, 0.15) is 12.1 Å². The zero-order valence-electron chi connectivity index (χ0n) is 21.6. The molecular formula is C28H27F3N2O6. The Kier molecular flexibility index (Phi) is 9.29. The minimum atomic E-state index is -4.49. The number of carbonyl (C=O) groups is 3. The number of nitrogens with zero attached hydrogens (tertiary/aromatic N) is 1. The van der Waals surface area contributed by atoms with Crippen LogP contribution in [0.4, 0.5) is 13.2 Å². The summed E-state index contributed by atoms with van der Waals surface area (Å²) in [5.41, 5.74) is 0.168. The number of carbonyl (C=O) groups excluding carboxylic acids is 3. The van der Waals surface area contributed by atoms with Gasteiger partial charge in [-0.3, -0.25) is 9.59 Å². The van der Waals surface area contributed by atoms with E-state index < -0.39 is 47.6 Å². The molecule has 0 fully saturated rings. The van der Waals surface area contributed by atoms with E-state index >= 15 is 0 Å². The number of halogens is 3. The van der Waals surface area contributed by atoms with Gasteiger partial charge in [0.2, 0.25) is 5.75 Å². The van der Waals surface area contributed by atoms with Crippen LogP contribution in [0.1, 0.15) is 53.9 Å². The number of methoxy groups -OCH3 is 1. The summed E-state index contributed by atoms with van der Waals surface area (Å²) in [4.78, 5) is 41.3. The number of pyridine rings is 1. The van der Waals surface area contributed by atoms with Crippen molar-refractivity contribution in [2.75, 3.05) is 7.11 Å². The molecule has 0 saturated heterocycles. The molecule has 11 heteroatoms. The van der Waals surface area contributed by atoms with Crippen LogP contribution in [0.2, 0.25) is 0 Å². The first-order valence-electron chi connectivity index (χ1n) is 11.9. The molecule has 8 nitrogen and oxygen atoms in total. The van der Waals surface area contributed by atoms with Gasteiger partial charge in [0.05, 0.1) is 12.7 Å². The SMILES string of the molecule is COc1ccnc(C(=O)N[C@@H](C)C(=O)O[C@@H](C)[C@@H](c2ccccc2)c2ccc(C(F)(F)F)cc2)c1OC(C)=O. The maximum atomic E-state index is 13.1. The first-order chi connectivity index (χ1) is 18.4. The van der Waals surface area contributed by atoms with Crippen LogP contribution in [0.25, 0.3) is 0 Å². The monoisotopic (exact) mass is 544 g/mol. The van der Waals surface area contributed by atoms with Gasteiger partial charge in [-0.25, -0.2) is 9.78 Å². The Morgan fingerprint density at radius 3 is 2.10 bits per heavy atom. The fourth-order valence-electron chi connectivity index (χ4n) is 3.95. The number of nitrogens with one attached hydrogen (secondary N) is 1. The second-order valence-electron chi connectivity index (χ2n) is 8.63. The van der Waals surface area contributed by atoms with E-state index in [9.17, 15) is 27.6 Å². The third-order valence-corrected chi connectivity index (χ3v) is 5.78. The van der Waals surface area contributed by atoms with Gasteiger partial charge in [-0.15, -0.1) is 0 Å². The zero-order chi connectivity index (χ0) is 28.7. The van der Waals surface area contributed by atoms with E-state index in [0.717, 1.165) is 24.6 Å². The van der Waals surface area contributed by atoms with Crippen molar-refractivity contribution in [2.45, 2.75) is 45.0 Å². The average molecular weight is 545 g/mol. The highest BCUT2D eigenvalue weighted by molar-refractivity contribution is 5.98. The lowest BCUT2D eigenvalue weighted by atomic mass is 9.86. The third kappa shape index (κ3) is 7.34. The highest BCUT2D eigenvalue weighted by atomic mass is 19.4. The molecule has 0 aliphatic rings. The summed E-state index contributed by atoms with van der Waals surface area (Å²) < 4.78 is 55.1. The number of benzene rings is 2. The molecule has 0 radical (unpaired) electrons. The molecule has 39 heavy (non-hydrogen) atoms. The number of ether oxygens (including phenoxy) is 3. The summed E-state index contributed by atoms with van der Waals surface area (Å²) in [5.74, 6) is -3.00. The maximum absolute atomic E-state index is 13.1. The van der Waals surface area contributed by atoms with Crippen LogP contribution in [0, 0.1) is 0 Å². The van der Waals surface area contributed by atoms with Gasteiger partial charge < -0.3 is 19.5 Å². The molecule has 0 aliphatic heterocycles. The van der Waals surface area contributed by atoms with Crippen LogP contribution < -0.4 is 14.8 Å². The third-order valence-electron chi connectivity index (χ3n) is 5.78. The van der Waals surface area contributed by atoms with Gasteiger partial charge >= 0.3 is 18.1 Å². The first-order valence-corrected chi connectivity index (χ1v) is 11.9. The van der Waals surface area contributed by atoms with Crippen LogP contribution in [-0.2, 0) is 20.5 Å². The average Bonchev–Trinajstić information content (AvgIpc) is 2.89. The van der Waals surface area contributed by atoms with Gasteiger partial charge in [0.15, 0.2) is 11.4 Å². The predicted octanol–water partition coefficient (Wildman–Crippen LogP) is 4.92. The molecule has 2 aromatic carbocycles. The maximum Gasteiger partial charge on any atom is 0.416 e. The van der Waals surface area contributed by atoms with E-state index in [-0.39, 0.29) is 17.2 Å². The number of hydrogen-bond acceptors (Lipinski definition) is 7. The van der Waals surface area contributed by atoms with E-state index in [1.807, 2.05) is 0 Å². The van der Waals surface area contributed by atoms with Gasteiger partial charge in [-0.1, -0.05) is 42.5 Å². The Hall–Kier alpha value is -4.41. The second-order valence-corrected chi connectivity index (χ2v) is 8.63. The van der Waals surface area contributed by atoms with Crippen molar-refractivity contribution in [3.8, 4) is 11.5 Å². The van der Waals surface area contributed by atoms with Crippen LogP contribution in [0.5, 0.6) is 11.5 Å². The van der Waals surface area contributed by atoms with E-state index in [1.165, 1.54) is 38.4 Å². The lowest BCUT2D eigenvalue weighted by Gasteiger charge is -2.27. The summed E-state index contributed by atoms with van der Waals surface area (Å²) in [7, 11) is 1.32. The highest BCUT2D eigenvalue weighted by Gasteiger charge is 2.32. The topological polar surface area (TPSA) is 104 Å². The number of hydrogen-bond donors (Lipinski definition) is 1. The van der Waals surface area contributed by atoms with Crippen molar-refractivity contribution in [3.05, 3.63) is 89.2 Å². The molecule has 206 valence electrons. The second kappa shape index (κ2) is 12.4. The number of alkyl halides is 3. The zero-order valence-corrected chi connectivity index (χ0v) is 21.6. The summed E-state index contributed by atoms with van der Waals surface area (Å²) >= 11 is 0. The quantitative estimate of drug-likeness (QED) is 0.382. The molecule has 0 spiro atoms. The minimum Gasteiger partial charge on any atom is -0.493 e.